The Morgan fingerprint density at radius 3 is 2.64 bits per heavy atom. The lowest BCUT2D eigenvalue weighted by atomic mass is 10.1. The highest BCUT2D eigenvalue weighted by Gasteiger charge is 2.16. The highest BCUT2D eigenvalue weighted by atomic mass is 35.5. The number of aromatic nitrogens is 1. The highest BCUT2D eigenvalue weighted by Crippen LogP contribution is 2.25. The number of amides is 1. The van der Waals surface area contributed by atoms with E-state index in [-0.39, 0.29) is 33.4 Å². The van der Waals surface area contributed by atoms with Gasteiger partial charge in [0.05, 0.1) is 5.02 Å². The van der Waals surface area contributed by atoms with Gasteiger partial charge in [0, 0.05) is 6.04 Å². The minimum Gasteiger partial charge on any atom is -0.504 e. The summed E-state index contributed by atoms with van der Waals surface area (Å²) in [4.78, 5) is 16.0. The summed E-state index contributed by atoms with van der Waals surface area (Å²) >= 11 is 11.7. The number of pyridine rings is 1. The molecular weight excluding hydrogens is 327 g/mol. The number of nitrogens with zero attached hydrogens (tertiary/aromatic N) is 1. The Balaban J connectivity index is 2.04. The Kier molecular flexibility index (Phi) is 5.11. The maximum Gasteiger partial charge on any atom is 0.271 e. The lowest BCUT2D eigenvalue weighted by molar-refractivity contribution is 0.0935. The zero-order chi connectivity index (χ0) is 16.3. The van der Waals surface area contributed by atoms with E-state index in [1.54, 1.807) is 13.0 Å². The molecule has 116 valence electrons. The maximum absolute atomic E-state index is 12.1. The van der Waals surface area contributed by atoms with Crippen LogP contribution in [0.2, 0.25) is 10.2 Å². The van der Waals surface area contributed by atoms with Crippen LogP contribution in [0.4, 0.5) is 0 Å². The van der Waals surface area contributed by atoms with E-state index in [1.165, 1.54) is 24.3 Å². The van der Waals surface area contributed by atoms with Crippen molar-refractivity contribution >= 4 is 29.1 Å². The zero-order valence-corrected chi connectivity index (χ0v) is 13.2. The molecule has 0 aliphatic carbocycles. The number of carbonyl (C=O) groups is 1. The van der Waals surface area contributed by atoms with Crippen molar-refractivity contribution < 1.29 is 15.0 Å². The summed E-state index contributed by atoms with van der Waals surface area (Å²) in [5.41, 5.74) is 0.836. The Morgan fingerprint density at radius 1 is 1.23 bits per heavy atom. The van der Waals surface area contributed by atoms with Crippen molar-refractivity contribution in [2.45, 2.75) is 19.4 Å². The number of phenols is 2. The fourth-order valence-electron chi connectivity index (χ4n) is 1.97. The van der Waals surface area contributed by atoms with Crippen LogP contribution in [0.25, 0.3) is 0 Å². The number of aromatic hydroxyl groups is 2. The second-order valence-electron chi connectivity index (χ2n) is 4.87. The predicted molar refractivity (Wildman–Crippen MR) is 84.7 cm³/mol. The topological polar surface area (TPSA) is 82.5 Å². The van der Waals surface area contributed by atoms with E-state index in [0.29, 0.717) is 6.42 Å². The molecule has 0 fully saturated rings. The van der Waals surface area contributed by atoms with Crippen molar-refractivity contribution in [1.29, 1.82) is 0 Å². The van der Waals surface area contributed by atoms with Crippen LogP contribution in [0.5, 0.6) is 11.5 Å². The molecular formula is C15H14Cl2N2O3. The van der Waals surface area contributed by atoms with E-state index in [1.807, 2.05) is 0 Å². The first kappa shape index (κ1) is 16.4. The highest BCUT2D eigenvalue weighted by molar-refractivity contribution is 6.34. The van der Waals surface area contributed by atoms with E-state index < -0.39 is 5.91 Å². The lowest BCUT2D eigenvalue weighted by Gasteiger charge is -2.14. The molecule has 0 aliphatic rings. The van der Waals surface area contributed by atoms with Crippen LogP contribution in [-0.4, -0.2) is 27.1 Å². The number of hydrogen-bond acceptors (Lipinski definition) is 4. The normalized spacial score (nSPS) is 12.0. The van der Waals surface area contributed by atoms with Crippen molar-refractivity contribution in [3.8, 4) is 11.5 Å². The van der Waals surface area contributed by atoms with Crippen LogP contribution in [0.3, 0.4) is 0 Å². The van der Waals surface area contributed by atoms with Gasteiger partial charge >= 0.3 is 0 Å². The molecule has 1 atom stereocenters. The molecule has 5 nitrogen and oxygen atoms in total. The molecule has 1 aromatic carbocycles. The van der Waals surface area contributed by atoms with Gasteiger partial charge in [-0.2, -0.15) is 0 Å². The van der Waals surface area contributed by atoms with Crippen LogP contribution in [-0.2, 0) is 6.42 Å². The SMILES string of the molecule is C[C@@H](Cc1ccc(O)c(O)c1)NC(=O)c1nc(Cl)ccc1Cl. The smallest absolute Gasteiger partial charge is 0.271 e. The summed E-state index contributed by atoms with van der Waals surface area (Å²) in [5.74, 6) is -0.811. The maximum atomic E-state index is 12.1. The molecule has 0 unspecified atom stereocenters. The van der Waals surface area contributed by atoms with E-state index in [9.17, 15) is 15.0 Å². The van der Waals surface area contributed by atoms with Crippen LogP contribution in [0, 0.1) is 0 Å². The molecule has 0 aliphatic heterocycles. The first-order valence-electron chi connectivity index (χ1n) is 6.50. The molecule has 1 aromatic heterocycles. The molecule has 22 heavy (non-hydrogen) atoms. The second kappa shape index (κ2) is 6.85. The molecule has 3 N–H and O–H groups in total. The molecule has 0 bridgehead atoms. The van der Waals surface area contributed by atoms with Gasteiger partial charge in [-0.05, 0) is 43.2 Å². The van der Waals surface area contributed by atoms with Crippen LogP contribution in [0.15, 0.2) is 30.3 Å². The van der Waals surface area contributed by atoms with Gasteiger partial charge in [-0.25, -0.2) is 4.98 Å². The first-order chi connectivity index (χ1) is 10.4. The standard InChI is InChI=1S/C15H14Cl2N2O3/c1-8(6-9-2-4-11(20)12(21)7-9)18-15(22)14-10(16)3-5-13(17)19-14/h2-5,7-8,20-21H,6H2,1H3,(H,18,22)/t8-/m0/s1. The van der Waals surface area contributed by atoms with E-state index in [4.69, 9.17) is 23.2 Å². The summed E-state index contributed by atoms with van der Waals surface area (Å²) in [6.07, 6.45) is 0.470. The van der Waals surface area contributed by atoms with Crippen molar-refractivity contribution in [2.24, 2.45) is 0 Å². The quantitative estimate of drug-likeness (QED) is 0.589. The van der Waals surface area contributed by atoms with Crippen LogP contribution < -0.4 is 5.32 Å². The van der Waals surface area contributed by atoms with Crippen LogP contribution >= 0.6 is 23.2 Å². The Bertz CT molecular complexity index is 707. The van der Waals surface area contributed by atoms with Gasteiger partial charge in [0.15, 0.2) is 11.5 Å². The van der Waals surface area contributed by atoms with Crippen molar-refractivity contribution in [1.82, 2.24) is 10.3 Å². The van der Waals surface area contributed by atoms with Gasteiger partial charge in [0.1, 0.15) is 10.8 Å². The molecule has 7 heteroatoms. The Labute approximate surface area is 137 Å². The van der Waals surface area contributed by atoms with Crippen molar-refractivity contribution in [3.05, 3.63) is 51.8 Å². The number of halogens is 2. The van der Waals surface area contributed by atoms with Gasteiger partial charge in [-0.3, -0.25) is 4.79 Å². The molecule has 0 saturated heterocycles. The zero-order valence-electron chi connectivity index (χ0n) is 11.7. The molecule has 0 spiro atoms. The molecule has 1 amide bonds. The van der Waals surface area contributed by atoms with E-state index in [2.05, 4.69) is 10.3 Å². The molecule has 0 radical (unpaired) electrons. The van der Waals surface area contributed by atoms with E-state index in [0.717, 1.165) is 5.56 Å². The molecule has 2 aromatic rings. The number of phenolic OH excluding ortho intramolecular Hbond substituents is 2. The first-order valence-corrected chi connectivity index (χ1v) is 7.26. The lowest BCUT2D eigenvalue weighted by Crippen LogP contribution is -2.34. The third-order valence-electron chi connectivity index (χ3n) is 2.99. The number of rotatable bonds is 4. The van der Waals surface area contributed by atoms with Gasteiger partial charge in [0.2, 0.25) is 0 Å². The largest absolute Gasteiger partial charge is 0.504 e. The Morgan fingerprint density at radius 2 is 1.95 bits per heavy atom. The minimum absolute atomic E-state index is 0.0644. The van der Waals surface area contributed by atoms with Crippen molar-refractivity contribution in [3.63, 3.8) is 0 Å². The summed E-state index contributed by atoms with van der Waals surface area (Å²) in [6.45, 7) is 1.81. The number of hydrogen-bond donors (Lipinski definition) is 3. The van der Waals surface area contributed by atoms with Gasteiger partial charge in [-0.15, -0.1) is 0 Å². The summed E-state index contributed by atoms with van der Waals surface area (Å²) in [6, 6.07) is 7.30. The fraction of sp³-hybridized carbons (Fsp3) is 0.200. The predicted octanol–water partition coefficient (Wildman–Crippen LogP) is 3.16. The monoisotopic (exact) mass is 340 g/mol. The van der Waals surface area contributed by atoms with Gasteiger partial charge in [-0.1, -0.05) is 29.3 Å². The molecule has 0 saturated carbocycles. The van der Waals surface area contributed by atoms with Gasteiger partial charge < -0.3 is 15.5 Å². The average molecular weight is 341 g/mol. The minimum atomic E-state index is -0.428. The third kappa shape index (κ3) is 4.02. The molecule has 2 rings (SSSR count). The number of benzene rings is 1. The number of carbonyl (C=O) groups excluding carboxylic acids is 1. The summed E-state index contributed by atoms with van der Waals surface area (Å²) in [5, 5.41) is 21.9. The van der Waals surface area contributed by atoms with E-state index >= 15 is 0 Å². The summed E-state index contributed by atoms with van der Waals surface area (Å²) < 4.78 is 0. The third-order valence-corrected chi connectivity index (χ3v) is 3.50. The summed E-state index contributed by atoms with van der Waals surface area (Å²) in [7, 11) is 0. The fourth-order valence-corrected chi connectivity index (χ4v) is 2.31. The van der Waals surface area contributed by atoms with Crippen LogP contribution in [0.1, 0.15) is 23.0 Å². The number of nitrogens with one attached hydrogen (secondary N) is 1. The molecule has 1 heterocycles. The van der Waals surface area contributed by atoms with Crippen molar-refractivity contribution in [2.75, 3.05) is 0 Å². The Hall–Kier alpha value is -1.98. The average Bonchev–Trinajstić information content (AvgIpc) is 2.45. The second-order valence-corrected chi connectivity index (χ2v) is 5.66. The van der Waals surface area contributed by atoms with Gasteiger partial charge in [0.25, 0.3) is 5.91 Å².